The fourth-order valence-corrected chi connectivity index (χ4v) is 8.68. The van der Waals surface area contributed by atoms with Crippen LogP contribution in [0.25, 0.3) is 11.0 Å². The highest BCUT2D eigenvalue weighted by atomic mass is 32.1. The number of rotatable bonds is 44. The molecule has 0 saturated carbocycles. The summed E-state index contributed by atoms with van der Waals surface area (Å²) in [5.41, 5.74) is 1.82. The molecule has 5 heteroatoms. The fourth-order valence-electron chi connectivity index (χ4n) is 8.01. The lowest BCUT2D eigenvalue weighted by molar-refractivity contribution is 0.243. The average Bonchev–Trinajstić information content (AvgIpc) is 3.66. The highest BCUT2D eigenvalue weighted by Crippen LogP contribution is 2.28. The second kappa shape index (κ2) is 39.5. The van der Waals surface area contributed by atoms with Crippen molar-refractivity contribution in [3.63, 3.8) is 0 Å². The Bertz CT molecular complexity index is 978. The van der Waals surface area contributed by atoms with Crippen LogP contribution in [-0.4, -0.2) is 23.2 Å². The molecule has 0 aliphatic heterocycles. The number of thiophene rings is 1. The van der Waals surface area contributed by atoms with Crippen LogP contribution in [0.5, 0.6) is 11.8 Å². The van der Waals surface area contributed by atoms with Crippen molar-refractivity contribution in [2.75, 3.05) is 13.2 Å². The second-order valence-electron chi connectivity index (χ2n) is 17.1. The Morgan fingerprint density at radius 1 is 0.309 bits per heavy atom. The molecule has 0 fully saturated rings. The molecule has 2 aromatic heterocycles. The summed E-state index contributed by atoms with van der Waals surface area (Å²) < 4.78 is 12.3. The molecule has 0 saturated heterocycles. The summed E-state index contributed by atoms with van der Waals surface area (Å²) >= 11 is 1.64. The zero-order valence-corrected chi connectivity index (χ0v) is 37.8. The molecule has 320 valence electrons. The molecule has 0 atom stereocenters. The molecule has 2 rings (SSSR count). The maximum atomic E-state index is 6.15. The molecule has 55 heavy (non-hydrogen) atoms. The largest absolute Gasteiger partial charge is 0.474 e. The van der Waals surface area contributed by atoms with Crippen molar-refractivity contribution < 1.29 is 9.47 Å². The summed E-state index contributed by atoms with van der Waals surface area (Å²) in [6.07, 6.45) is 55.9. The van der Waals surface area contributed by atoms with Gasteiger partial charge in [0.25, 0.3) is 11.8 Å². The minimum absolute atomic E-state index is 0.580. The van der Waals surface area contributed by atoms with E-state index in [0.29, 0.717) is 25.0 Å². The number of ether oxygens (including phenoxy) is 2. The normalized spacial score (nSPS) is 11.6. The summed E-state index contributed by atoms with van der Waals surface area (Å²) in [4.78, 5) is 9.53. The van der Waals surface area contributed by atoms with Crippen LogP contribution in [0.3, 0.4) is 0 Å². The number of nitrogens with zero attached hydrogens (tertiary/aromatic N) is 2. The summed E-state index contributed by atoms with van der Waals surface area (Å²) in [5.74, 6) is 1.16. The van der Waals surface area contributed by atoms with Crippen molar-refractivity contribution >= 4 is 22.4 Å². The van der Waals surface area contributed by atoms with Crippen LogP contribution >= 0.6 is 11.3 Å². The van der Waals surface area contributed by atoms with Crippen LogP contribution in [0.4, 0.5) is 0 Å². The average molecular weight is 785 g/mol. The van der Waals surface area contributed by atoms with Crippen molar-refractivity contribution in [2.45, 2.75) is 271 Å². The third kappa shape index (κ3) is 30.4. The van der Waals surface area contributed by atoms with Crippen molar-refractivity contribution in [3.8, 4) is 11.8 Å². The van der Waals surface area contributed by atoms with Crippen molar-refractivity contribution in [1.29, 1.82) is 0 Å². The Morgan fingerprint density at radius 3 is 0.727 bits per heavy atom. The second-order valence-corrected chi connectivity index (χ2v) is 17.9. The lowest BCUT2D eigenvalue weighted by Crippen LogP contribution is -2.06. The van der Waals surface area contributed by atoms with Crippen LogP contribution in [0.2, 0.25) is 0 Å². The zero-order valence-electron chi connectivity index (χ0n) is 37.0. The van der Waals surface area contributed by atoms with E-state index in [9.17, 15) is 0 Å². The number of hydrogen-bond acceptors (Lipinski definition) is 5. The fraction of sp³-hybridized carbons (Fsp3) is 0.880. The molecule has 0 unspecified atom stereocenters. The van der Waals surface area contributed by atoms with E-state index in [-0.39, 0.29) is 0 Å². The van der Waals surface area contributed by atoms with Gasteiger partial charge in [0.15, 0.2) is 0 Å². The van der Waals surface area contributed by atoms with Crippen LogP contribution in [0.1, 0.15) is 271 Å². The lowest BCUT2D eigenvalue weighted by atomic mass is 10.0. The van der Waals surface area contributed by atoms with Gasteiger partial charge in [-0.25, -0.2) is 9.97 Å². The van der Waals surface area contributed by atoms with Gasteiger partial charge in [-0.15, -0.1) is 11.3 Å². The van der Waals surface area contributed by atoms with Gasteiger partial charge in [-0.3, -0.25) is 0 Å². The molecule has 0 bridgehead atoms. The Hall–Kier alpha value is -1.36. The number of fused-ring (bicyclic) bond motifs is 1. The SMILES string of the molecule is CCCCCCCCCCCCCCCCCCCCCCOc1nc2cscc2nc1OCCCCCCCCCCCCCCCCCCCCCC. The first-order valence-electron chi connectivity index (χ1n) is 24.8. The van der Waals surface area contributed by atoms with Crippen LogP contribution < -0.4 is 9.47 Å². The van der Waals surface area contributed by atoms with E-state index in [4.69, 9.17) is 19.4 Å². The highest BCUT2D eigenvalue weighted by Gasteiger charge is 2.13. The Balaban J connectivity index is 1.37. The van der Waals surface area contributed by atoms with Gasteiger partial charge < -0.3 is 9.47 Å². The molecular formula is C50H92N2O2S. The predicted octanol–water partition coefficient (Wildman–Crippen LogP) is 18.1. The van der Waals surface area contributed by atoms with E-state index in [0.717, 1.165) is 23.9 Å². The molecule has 0 aliphatic rings. The summed E-state index contributed by atoms with van der Waals surface area (Å²) in [6, 6.07) is 0. The van der Waals surface area contributed by atoms with Gasteiger partial charge in [0.1, 0.15) is 11.0 Å². The first-order chi connectivity index (χ1) is 27.3. The topological polar surface area (TPSA) is 44.2 Å². The van der Waals surface area contributed by atoms with Gasteiger partial charge in [0, 0.05) is 10.8 Å². The summed E-state index contributed by atoms with van der Waals surface area (Å²) in [5, 5.41) is 4.10. The molecule has 4 nitrogen and oxygen atoms in total. The highest BCUT2D eigenvalue weighted by molar-refractivity contribution is 7.09. The molecule has 2 aromatic rings. The Morgan fingerprint density at radius 2 is 0.509 bits per heavy atom. The van der Waals surface area contributed by atoms with E-state index in [1.54, 1.807) is 11.3 Å². The minimum Gasteiger partial charge on any atom is -0.474 e. The molecule has 2 heterocycles. The number of aromatic nitrogens is 2. The monoisotopic (exact) mass is 785 g/mol. The van der Waals surface area contributed by atoms with E-state index in [1.165, 1.54) is 244 Å². The van der Waals surface area contributed by atoms with E-state index < -0.39 is 0 Å². The van der Waals surface area contributed by atoms with Crippen molar-refractivity contribution in [2.24, 2.45) is 0 Å². The van der Waals surface area contributed by atoms with Crippen LogP contribution in [0.15, 0.2) is 10.8 Å². The van der Waals surface area contributed by atoms with Gasteiger partial charge >= 0.3 is 0 Å². The molecule has 0 radical (unpaired) electrons. The van der Waals surface area contributed by atoms with Crippen LogP contribution in [-0.2, 0) is 0 Å². The Labute approximate surface area is 346 Å². The standard InChI is InChI=1S/C50H92N2O2S/c1-3-5-7-9-11-13-15-17-19-21-23-25-27-29-31-33-35-37-39-41-43-53-49-50(52-48-46-55-45-47(48)51-49)54-44-42-40-38-36-34-32-30-28-26-24-22-20-18-16-14-12-10-8-6-4-2/h45-46H,3-44H2,1-2H3. The lowest BCUT2D eigenvalue weighted by Gasteiger charge is -2.11. The maximum absolute atomic E-state index is 6.15. The number of hydrogen-bond donors (Lipinski definition) is 0. The molecular weight excluding hydrogens is 693 g/mol. The molecule has 0 spiro atoms. The third-order valence-electron chi connectivity index (χ3n) is 11.7. The molecule has 0 aromatic carbocycles. The van der Waals surface area contributed by atoms with Gasteiger partial charge in [0.2, 0.25) is 0 Å². The third-order valence-corrected chi connectivity index (χ3v) is 12.4. The quantitative estimate of drug-likeness (QED) is 0.0628. The molecule has 0 amide bonds. The van der Waals surface area contributed by atoms with Gasteiger partial charge in [-0.05, 0) is 12.8 Å². The first-order valence-corrected chi connectivity index (χ1v) is 25.8. The number of unbranched alkanes of at least 4 members (excludes halogenated alkanes) is 38. The predicted molar refractivity (Wildman–Crippen MR) is 244 cm³/mol. The maximum Gasteiger partial charge on any atom is 0.278 e. The molecule has 0 N–H and O–H groups in total. The zero-order chi connectivity index (χ0) is 39.0. The smallest absolute Gasteiger partial charge is 0.278 e. The van der Waals surface area contributed by atoms with Crippen molar-refractivity contribution in [3.05, 3.63) is 10.8 Å². The summed E-state index contributed by atoms with van der Waals surface area (Å²) in [7, 11) is 0. The van der Waals surface area contributed by atoms with Gasteiger partial charge in [-0.1, -0.05) is 258 Å². The van der Waals surface area contributed by atoms with E-state index in [2.05, 4.69) is 24.6 Å². The van der Waals surface area contributed by atoms with E-state index >= 15 is 0 Å². The Kier molecular flexibility index (Phi) is 35.7. The van der Waals surface area contributed by atoms with Crippen molar-refractivity contribution in [1.82, 2.24) is 9.97 Å². The molecule has 0 aliphatic carbocycles. The van der Waals surface area contributed by atoms with E-state index in [1.807, 2.05) is 0 Å². The van der Waals surface area contributed by atoms with Gasteiger partial charge in [-0.2, -0.15) is 0 Å². The van der Waals surface area contributed by atoms with Crippen LogP contribution in [0, 0.1) is 0 Å². The van der Waals surface area contributed by atoms with Gasteiger partial charge in [0.05, 0.1) is 13.2 Å². The first kappa shape index (κ1) is 49.8. The minimum atomic E-state index is 0.580. The summed E-state index contributed by atoms with van der Waals surface area (Å²) in [6.45, 7) is 5.99.